The summed E-state index contributed by atoms with van der Waals surface area (Å²) in [6.45, 7) is 6.60. The number of carbonyl (C=O) groups is 1. The van der Waals surface area contributed by atoms with Crippen molar-refractivity contribution in [3.05, 3.63) is 29.9 Å². The summed E-state index contributed by atoms with van der Waals surface area (Å²) in [5, 5.41) is 8.82. The third-order valence-electron chi connectivity index (χ3n) is 2.95. The van der Waals surface area contributed by atoms with Gasteiger partial charge in [0, 0.05) is 19.3 Å². The van der Waals surface area contributed by atoms with Gasteiger partial charge in [0.1, 0.15) is 11.7 Å². The van der Waals surface area contributed by atoms with Crippen LogP contribution in [0.15, 0.2) is 18.3 Å². The zero-order valence-electron chi connectivity index (χ0n) is 12.5. The molecule has 0 atom stereocenters. The highest BCUT2D eigenvalue weighted by Crippen LogP contribution is 2.21. The lowest BCUT2D eigenvalue weighted by Gasteiger charge is -2.29. The second-order valence-corrected chi connectivity index (χ2v) is 5.78. The maximum Gasteiger partial charge on any atom is 0.410 e. The van der Waals surface area contributed by atoms with Gasteiger partial charge in [0.05, 0.1) is 5.69 Å². The number of carbonyl (C=O) groups excluding carboxylic acids is 1. The van der Waals surface area contributed by atoms with Crippen molar-refractivity contribution in [3.8, 4) is 6.07 Å². The Hall–Kier alpha value is -2.42. The topological polar surface area (TPSA) is 79.1 Å². The number of ether oxygens (including phenoxy) is 1. The van der Waals surface area contributed by atoms with Gasteiger partial charge in [-0.05, 0) is 38.8 Å². The highest BCUT2D eigenvalue weighted by molar-refractivity contribution is 5.71. The van der Waals surface area contributed by atoms with Crippen LogP contribution in [0, 0.1) is 11.3 Å². The molecule has 0 aromatic carbocycles. The molecular formula is C15H18N4O2. The second kappa shape index (κ2) is 5.92. The molecule has 0 saturated carbocycles. The van der Waals surface area contributed by atoms with Gasteiger partial charge in [0.2, 0.25) is 5.82 Å². The lowest BCUT2D eigenvalue weighted by Crippen LogP contribution is -2.39. The first kappa shape index (κ1) is 15.0. The van der Waals surface area contributed by atoms with E-state index in [0.717, 1.165) is 11.3 Å². The molecule has 1 aliphatic rings. The van der Waals surface area contributed by atoms with Gasteiger partial charge in [-0.2, -0.15) is 5.26 Å². The third-order valence-corrected chi connectivity index (χ3v) is 2.95. The monoisotopic (exact) mass is 286 g/mol. The van der Waals surface area contributed by atoms with Crippen LogP contribution >= 0.6 is 0 Å². The molecule has 0 bridgehead atoms. The number of hydrogen-bond donors (Lipinski definition) is 0. The zero-order chi connectivity index (χ0) is 15.5. The fraction of sp³-hybridized carbons (Fsp3) is 0.467. The van der Waals surface area contributed by atoms with Crippen molar-refractivity contribution in [3.63, 3.8) is 0 Å². The minimum absolute atomic E-state index is 0.156. The van der Waals surface area contributed by atoms with Gasteiger partial charge in [-0.15, -0.1) is 0 Å². The fourth-order valence-electron chi connectivity index (χ4n) is 1.99. The maximum atomic E-state index is 12.0. The summed E-state index contributed by atoms with van der Waals surface area (Å²) in [6, 6.07) is 3.70. The van der Waals surface area contributed by atoms with Crippen molar-refractivity contribution in [2.24, 2.45) is 0 Å². The van der Waals surface area contributed by atoms with Crippen LogP contribution < -0.4 is 0 Å². The van der Waals surface area contributed by atoms with Crippen LogP contribution in [0.3, 0.4) is 0 Å². The number of aromatic nitrogens is 2. The molecule has 1 aromatic rings. The minimum Gasteiger partial charge on any atom is -0.444 e. The van der Waals surface area contributed by atoms with Crippen molar-refractivity contribution in [2.75, 3.05) is 13.1 Å². The average molecular weight is 286 g/mol. The van der Waals surface area contributed by atoms with Gasteiger partial charge < -0.3 is 9.64 Å². The number of rotatable bonds is 1. The second-order valence-electron chi connectivity index (χ2n) is 5.78. The molecule has 0 aliphatic carbocycles. The van der Waals surface area contributed by atoms with Gasteiger partial charge >= 0.3 is 6.09 Å². The predicted molar refractivity (Wildman–Crippen MR) is 77.1 cm³/mol. The summed E-state index contributed by atoms with van der Waals surface area (Å²) in [5.41, 5.74) is 1.27. The molecule has 0 unspecified atom stereocenters. The van der Waals surface area contributed by atoms with Crippen LogP contribution in [0.1, 0.15) is 38.7 Å². The molecule has 6 nitrogen and oxygen atoms in total. The van der Waals surface area contributed by atoms with Gasteiger partial charge in [0.25, 0.3) is 0 Å². The summed E-state index contributed by atoms with van der Waals surface area (Å²) >= 11 is 0. The van der Waals surface area contributed by atoms with Crippen molar-refractivity contribution < 1.29 is 9.53 Å². The Kier molecular flexibility index (Phi) is 4.22. The van der Waals surface area contributed by atoms with E-state index in [1.807, 2.05) is 32.9 Å². The number of nitriles is 1. The SMILES string of the molecule is CC(C)(C)OC(=O)N1CC=C(c2ccnc(C#N)n2)CC1. The molecule has 2 heterocycles. The maximum absolute atomic E-state index is 12.0. The summed E-state index contributed by atoms with van der Waals surface area (Å²) in [6.07, 6.45) is 3.89. The molecule has 21 heavy (non-hydrogen) atoms. The normalized spacial score (nSPS) is 15.1. The standard InChI is InChI=1S/C15H18N4O2/c1-15(2,3)21-14(20)19-8-5-11(6-9-19)12-4-7-17-13(10-16)18-12/h4-5,7H,6,8-9H2,1-3H3. The van der Waals surface area contributed by atoms with Crippen LogP contribution in [0.2, 0.25) is 0 Å². The summed E-state index contributed by atoms with van der Waals surface area (Å²) in [5.74, 6) is 0.156. The Morgan fingerprint density at radius 3 is 2.81 bits per heavy atom. The molecule has 0 saturated heterocycles. The van der Waals surface area contributed by atoms with Gasteiger partial charge in [0.15, 0.2) is 0 Å². The zero-order valence-corrected chi connectivity index (χ0v) is 12.5. The molecule has 1 amide bonds. The van der Waals surface area contributed by atoms with Crippen LogP contribution in [0.25, 0.3) is 5.57 Å². The quantitative estimate of drug-likeness (QED) is 0.792. The Morgan fingerprint density at radius 1 is 1.48 bits per heavy atom. The Balaban J connectivity index is 2.05. The number of nitrogens with zero attached hydrogens (tertiary/aromatic N) is 4. The van der Waals surface area contributed by atoms with E-state index in [2.05, 4.69) is 9.97 Å². The molecule has 2 rings (SSSR count). The first-order chi connectivity index (χ1) is 9.89. The van der Waals surface area contributed by atoms with Crippen molar-refractivity contribution in [1.82, 2.24) is 14.9 Å². The first-order valence-electron chi connectivity index (χ1n) is 6.79. The summed E-state index contributed by atoms with van der Waals surface area (Å²) < 4.78 is 5.34. The van der Waals surface area contributed by atoms with Crippen LogP contribution in [-0.2, 0) is 4.74 Å². The predicted octanol–water partition coefficient (Wildman–Crippen LogP) is 2.37. The molecule has 1 aliphatic heterocycles. The van der Waals surface area contributed by atoms with Crippen LogP contribution in [0.5, 0.6) is 0 Å². The molecule has 0 radical (unpaired) electrons. The smallest absolute Gasteiger partial charge is 0.410 e. The van der Waals surface area contributed by atoms with Gasteiger partial charge in [-0.3, -0.25) is 0 Å². The van der Waals surface area contributed by atoms with E-state index in [-0.39, 0.29) is 11.9 Å². The van der Waals surface area contributed by atoms with Crippen LogP contribution in [-0.4, -0.2) is 39.7 Å². The summed E-state index contributed by atoms with van der Waals surface area (Å²) in [7, 11) is 0. The van der Waals surface area contributed by atoms with Crippen molar-refractivity contribution in [2.45, 2.75) is 32.8 Å². The highest BCUT2D eigenvalue weighted by Gasteiger charge is 2.24. The third kappa shape index (κ3) is 4.02. The molecule has 0 N–H and O–H groups in total. The van der Waals surface area contributed by atoms with E-state index in [1.54, 1.807) is 17.2 Å². The molecular weight excluding hydrogens is 268 g/mol. The number of hydrogen-bond acceptors (Lipinski definition) is 5. The van der Waals surface area contributed by atoms with E-state index >= 15 is 0 Å². The van der Waals surface area contributed by atoms with E-state index in [4.69, 9.17) is 10.00 Å². The minimum atomic E-state index is -0.491. The molecule has 1 aromatic heterocycles. The lowest BCUT2D eigenvalue weighted by atomic mass is 10.0. The Morgan fingerprint density at radius 2 is 2.24 bits per heavy atom. The van der Waals surface area contributed by atoms with E-state index < -0.39 is 5.60 Å². The largest absolute Gasteiger partial charge is 0.444 e. The Bertz CT molecular complexity index is 611. The van der Waals surface area contributed by atoms with Crippen LogP contribution in [0.4, 0.5) is 4.79 Å². The summed E-state index contributed by atoms with van der Waals surface area (Å²) in [4.78, 5) is 21.6. The molecule has 0 fully saturated rings. The van der Waals surface area contributed by atoms with E-state index in [1.165, 1.54) is 0 Å². The average Bonchev–Trinajstić information content (AvgIpc) is 2.46. The van der Waals surface area contributed by atoms with E-state index in [0.29, 0.717) is 19.5 Å². The number of amides is 1. The molecule has 110 valence electrons. The van der Waals surface area contributed by atoms with E-state index in [9.17, 15) is 4.79 Å². The first-order valence-corrected chi connectivity index (χ1v) is 6.79. The van der Waals surface area contributed by atoms with Crippen molar-refractivity contribution in [1.29, 1.82) is 5.26 Å². The molecule has 0 spiro atoms. The van der Waals surface area contributed by atoms with Gasteiger partial charge in [-0.25, -0.2) is 14.8 Å². The fourth-order valence-corrected chi connectivity index (χ4v) is 1.99. The molecule has 6 heteroatoms. The lowest BCUT2D eigenvalue weighted by molar-refractivity contribution is 0.0270. The Labute approximate surface area is 124 Å². The van der Waals surface area contributed by atoms with Crippen molar-refractivity contribution >= 4 is 11.7 Å². The highest BCUT2D eigenvalue weighted by atomic mass is 16.6. The van der Waals surface area contributed by atoms with Gasteiger partial charge in [-0.1, -0.05) is 6.08 Å².